The Balaban J connectivity index is 2.29. The van der Waals surface area contributed by atoms with Crippen molar-refractivity contribution < 1.29 is 23.9 Å². The third-order valence-electron chi connectivity index (χ3n) is 3.34. The molecule has 0 atom stereocenters. The van der Waals surface area contributed by atoms with Gasteiger partial charge in [0.15, 0.2) is 5.92 Å². The molecule has 0 saturated carbocycles. The van der Waals surface area contributed by atoms with E-state index < -0.39 is 17.9 Å². The summed E-state index contributed by atoms with van der Waals surface area (Å²) in [7, 11) is 0. The second-order valence-corrected chi connectivity index (χ2v) is 4.96. The van der Waals surface area contributed by atoms with Crippen molar-refractivity contribution in [2.45, 2.75) is 19.8 Å². The molecule has 0 aliphatic heterocycles. The Kier molecular flexibility index (Phi) is 5.89. The average Bonchev–Trinajstić information content (AvgIpc) is 3.05. The van der Waals surface area contributed by atoms with Crippen LogP contribution in [0.25, 0.3) is 0 Å². The molecule has 2 rings (SSSR count). The van der Waals surface area contributed by atoms with Crippen molar-refractivity contribution in [3.8, 4) is 0 Å². The second-order valence-electron chi connectivity index (χ2n) is 4.96. The Bertz CT molecular complexity index is 702. The lowest BCUT2D eigenvalue weighted by Gasteiger charge is -2.13. The molecule has 1 aromatic heterocycles. The van der Waals surface area contributed by atoms with E-state index in [0.717, 1.165) is 0 Å². The van der Waals surface area contributed by atoms with Gasteiger partial charge in [0, 0.05) is 11.3 Å². The van der Waals surface area contributed by atoms with Gasteiger partial charge in [-0.15, -0.1) is 0 Å². The largest absolute Gasteiger partial charge is 0.465 e. The highest BCUT2D eigenvalue weighted by Gasteiger charge is 2.33. The van der Waals surface area contributed by atoms with Crippen molar-refractivity contribution >= 4 is 17.7 Å². The van der Waals surface area contributed by atoms with Crippen LogP contribution < -0.4 is 0 Å². The van der Waals surface area contributed by atoms with E-state index in [-0.39, 0.29) is 30.4 Å². The number of ether oxygens (including phenoxy) is 2. The molecule has 0 bridgehead atoms. The minimum atomic E-state index is -1.23. The summed E-state index contributed by atoms with van der Waals surface area (Å²) in [5.74, 6) is -2.89. The van der Waals surface area contributed by atoms with Crippen LogP contribution in [-0.4, -0.2) is 35.9 Å². The quantitative estimate of drug-likeness (QED) is 0.479. The van der Waals surface area contributed by atoms with E-state index in [1.54, 1.807) is 38.1 Å². The number of hydrogen-bond acceptors (Lipinski definition) is 5. The zero-order chi connectivity index (χ0) is 17.5. The van der Waals surface area contributed by atoms with Gasteiger partial charge in [-0.2, -0.15) is 0 Å². The minimum Gasteiger partial charge on any atom is -0.465 e. The molecule has 0 aliphatic rings. The van der Waals surface area contributed by atoms with E-state index >= 15 is 0 Å². The van der Waals surface area contributed by atoms with E-state index in [4.69, 9.17) is 9.47 Å². The molecule has 0 radical (unpaired) electrons. The highest BCUT2D eigenvalue weighted by atomic mass is 16.6. The maximum atomic E-state index is 12.4. The van der Waals surface area contributed by atoms with E-state index in [1.165, 1.54) is 12.1 Å². The smallest absolute Gasteiger partial charge is 0.326 e. The van der Waals surface area contributed by atoms with Crippen LogP contribution >= 0.6 is 0 Å². The SMILES string of the molecule is CCOC(=O)C(C(=O)OCC)c1ccc(C(=O)c2ccccc2)[nH]1. The van der Waals surface area contributed by atoms with Gasteiger partial charge in [0.2, 0.25) is 5.78 Å². The number of aromatic amines is 1. The van der Waals surface area contributed by atoms with Gasteiger partial charge in [0.05, 0.1) is 18.9 Å². The Morgan fingerprint density at radius 2 is 1.50 bits per heavy atom. The summed E-state index contributed by atoms with van der Waals surface area (Å²) in [4.78, 5) is 39.4. The molecule has 1 N–H and O–H groups in total. The van der Waals surface area contributed by atoms with Crippen molar-refractivity contribution in [2.75, 3.05) is 13.2 Å². The maximum Gasteiger partial charge on any atom is 0.326 e. The molecule has 0 aliphatic carbocycles. The van der Waals surface area contributed by atoms with Gasteiger partial charge in [-0.05, 0) is 26.0 Å². The van der Waals surface area contributed by atoms with Crippen LogP contribution in [0.5, 0.6) is 0 Å². The minimum absolute atomic E-state index is 0.144. The van der Waals surface area contributed by atoms with Crippen LogP contribution in [0.1, 0.15) is 41.5 Å². The first-order chi connectivity index (χ1) is 11.6. The number of benzene rings is 1. The first-order valence-electron chi connectivity index (χ1n) is 7.70. The van der Waals surface area contributed by atoms with E-state index in [2.05, 4.69) is 4.98 Å². The van der Waals surface area contributed by atoms with Crippen LogP contribution in [0.3, 0.4) is 0 Å². The molecule has 6 nitrogen and oxygen atoms in total. The van der Waals surface area contributed by atoms with Crippen LogP contribution in [0, 0.1) is 0 Å². The number of carbonyl (C=O) groups is 3. The predicted molar refractivity (Wildman–Crippen MR) is 86.7 cm³/mol. The van der Waals surface area contributed by atoms with Gasteiger partial charge >= 0.3 is 11.9 Å². The van der Waals surface area contributed by atoms with Crippen molar-refractivity contribution in [3.05, 3.63) is 59.4 Å². The summed E-state index contributed by atoms with van der Waals surface area (Å²) in [6, 6.07) is 11.8. The van der Waals surface area contributed by atoms with Gasteiger partial charge in [-0.25, -0.2) is 0 Å². The van der Waals surface area contributed by atoms with Gasteiger partial charge < -0.3 is 14.5 Å². The summed E-state index contributed by atoms with van der Waals surface area (Å²) >= 11 is 0. The highest BCUT2D eigenvalue weighted by molar-refractivity contribution is 6.08. The second kappa shape index (κ2) is 8.10. The normalized spacial score (nSPS) is 10.5. The summed E-state index contributed by atoms with van der Waals surface area (Å²) in [6.07, 6.45) is 0. The summed E-state index contributed by atoms with van der Waals surface area (Å²) < 4.78 is 9.87. The van der Waals surface area contributed by atoms with E-state index in [9.17, 15) is 14.4 Å². The predicted octanol–water partition coefficient (Wildman–Crippen LogP) is 2.46. The van der Waals surface area contributed by atoms with Crippen LogP contribution in [0.4, 0.5) is 0 Å². The van der Waals surface area contributed by atoms with Gasteiger partial charge in [-0.1, -0.05) is 30.3 Å². The van der Waals surface area contributed by atoms with E-state index in [1.807, 2.05) is 6.07 Å². The van der Waals surface area contributed by atoms with Crippen molar-refractivity contribution in [1.29, 1.82) is 0 Å². The number of nitrogens with one attached hydrogen (secondary N) is 1. The molecule has 0 fully saturated rings. The summed E-state index contributed by atoms with van der Waals surface area (Å²) in [5, 5.41) is 0. The molecule has 126 valence electrons. The zero-order valence-electron chi connectivity index (χ0n) is 13.6. The maximum absolute atomic E-state index is 12.4. The third-order valence-corrected chi connectivity index (χ3v) is 3.34. The number of esters is 2. The number of ketones is 1. The fraction of sp³-hybridized carbons (Fsp3) is 0.278. The molecule has 0 saturated heterocycles. The molecule has 24 heavy (non-hydrogen) atoms. The zero-order valence-corrected chi connectivity index (χ0v) is 13.6. The molecular weight excluding hydrogens is 310 g/mol. The van der Waals surface area contributed by atoms with Crippen LogP contribution in [0.2, 0.25) is 0 Å². The lowest BCUT2D eigenvalue weighted by molar-refractivity contribution is -0.157. The van der Waals surface area contributed by atoms with Crippen molar-refractivity contribution in [2.24, 2.45) is 0 Å². The number of carbonyl (C=O) groups excluding carboxylic acids is 3. The van der Waals surface area contributed by atoms with Gasteiger partial charge in [-0.3, -0.25) is 14.4 Å². The monoisotopic (exact) mass is 329 g/mol. The van der Waals surface area contributed by atoms with Gasteiger partial charge in [0.1, 0.15) is 0 Å². The van der Waals surface area contributed by atoms with Crippen molar-refractivity contribution in [1.82, 2.24) is 4.98 Å². The fourth-order valence-corrected chi connectivity index (χ4v) is 2.26. The number of aromatic nitrogens is 1. The topological polar surface area (TPSA) is 85.5 Å². The number of hydrogen-bond donors (Lipinski definition) is 1. The Morgan fingerprint density at radius 1 is 0.917 bits per heavy atom. The molecular formula is C18H19NO5. The summed E-state index contributed by atoms with van der Waals surface area (Å²) in [5.41, 5.74) is 1.07. The summed E-state index contributed by atoms with van der Waals surface area (Å²) in [6.45, 7) is 3.59. The number of rotatable bonds is 7. The lowest BCUT2D eigenvalue weighted by atomic mass is 10.1. The molecule has 2 aromatic rings. The van der Waals surface area contributed by atoms with Crippen LogP contribution in [0.15, 0.2) is 42.5 Å². The standard InChI is InChI=1S/C18H19NO5/c1-3-23-17(21)15(18(22)24-4-2)13-10-11-14(19-13)16(20)12-8-6-5-7-9-12/h5-11,15,19H,3-4H2,1-2H3. The molecule has 1 aromatic carbocycles. The Morgan fingerprint density at radius 3 is 2.04 bits per heavy atom. The van der Waals surface area contributed by atoms with Crippen molar-refractivity contribution in [3.63, 3.8) is 0 Å². The lowest BCUT2D eigenvalue weighted by Crippen LogP contribution is -2.26. The molecule has 1 heterocycles. The number of H-pyrrole nitrogens is 1. The Hall–Kier alpha value is -2.89. The molecule has 0 unspecified atom stereocenters. The first kappa shape index (κ1) is 17.5. The molecule has 0 amide bonds. The highest BCUT2D eigenvalue weighted by Crippen LogP contribution is 2.20. The molecule has 0 spiro atoms. The molecule has 6 heteroatoms. The van der Waals surface area contributed by atoms with Gasteiger partial charge in [0.25, 0.3) is 0 Å². The fourth-order valence-electron chi connectivity index (χ4n) is 2.26. The average molecular weight is 329 g/mol. The Labute approximate surface area is 139 Å². The van der Waals surface area contributed by atoms with E-state index in [0.29, 0.717) is 5.56 Å². The van der Waals surface area contributed by atoms with Crippen LogP contribution in [-0.2, 0) is 19.1 Å². The third kappa shape index (κ3) is 3.90. The first-order valence-corrected chi connectivity index (χ1v) is 7.70.